The van der Waals surface area contributed by atoms with Crippen LogP contribution in [0.4, 0.5) is 0 Å². The van der Waals surface area contributed by atoms with E-state index in [0.29, 0.717) is 11.8 Å². The Morgan fingerprint density at radius 2 is 1.83 bits per heavy atom. The Labute approximate surface area is 93.2 Å². The summed E-state index contributed by atoms with van der Waals surface area (Å²) in [5.41, 5.74) is 0.541. The van der Waals surface area contributed by atoms with E-state index in [1.807, 2.05) is 6.07 Å². The molecule has 0 bridgehead atoms. The molecule has 1 aromatic rings. The molecule has 0 spiro atoms. The molecule has 0 aliphatic rings. The molecule has 1 rings (SSSR count). The number of hydrogen-bond donors (Lipinski definition) is 0. The number of allylic oxidation sites excluding steroid dienone is 1. The quantitative estimate of drug-likeness (QED) is 0.278. The van der Waals surface area contributed by atoms with Crippen LogP contribution in [0.15, 0.2) is 42.7 Å². The third-order valence-electron chi connectivity index (χ3n) is 1.28. The van der Waals surface area contributed by atoms with Gasteiger partial charge in [-0.25, -0.2) is 0 Å². The molecule has 0 fully saturated rings. The Morgan fingerprint density at radius 3 is 2.33 bits per heavy atom. The Hall–Kier alpha value is -0.570. The van der Waals surface area contributed by atoms with Gasteiger partial charge in [-0.15, -0.1) is 6.26 Å². The third-order valence-corrected chi connectivity index (χ3v) is 1.28. The second-order valence-electron chi connectivity index (χ2n) is 2.03. The molecule has 3 heteroatoms. The zero-order chi connectivity index (χ0) is 8.10. The van der Waals surface area contributed by atoms with Crippen LogP contribution in [-0.4, -0.2) is 35.3 Å². The number of carbonyl (C=O) groups is 1. The van der Waals surface area contributed by atoms with Gasteiger partial charge in [-0.1, -0.05) is 30.3 Å². The number of hydrogen-bond acceptors (Lipinski definition) is 2. The van der Waals surface area contributed by atoms with E-state index < -0.39 is 0 Å². The van der Waals surface area contributed by atoms with Crippen LogP contribution in [0, 0.1) is 0 Å². The number of carbonyl (C=O) groups excluding carboxylic acids is 1. The first-order valence-corrected chi connectivity index (χ1v) is 3.22. The van der Waals surface area contributed by atoms with Gasteiger partial charge in [0.2, 0.25) is 0 Å². The normalized spacial score (nSPS) is 9.33. The maximum Gasteiger partial charge on any atom is 0.184 e. The van der Waals surface area contributed by atoms with E-state index in [-0.39, 0.29) is 35.3 Å². The Morgan fingerprint density at radius 1 is 1.25 bits per heavy atom. The van der Waals surface area contributed by atoms with E-state index in [1.165, 1.54) is 0 Å². The summed E-state index contributed by atoms with van der Waals surface area (Å²) >= 11 is 0. The summed E-state index contributed by atoms with van der Waals surface area (Å²) in [4.78, 5) is 11.0. The smallest absolute Gasteiger partial charge is 0.184 e. The molecule has 0 heterocycles. The molecule has 2 nitrogen and oxygen atoms in total. The number of benzene rings is 1. The van der Waals surface area contributed by atoms with Gasteiger partial charge in [-0.3, -0.25) is 4.79 Å². The predicted octanol–water partition coefficient (Wildman–Crippen LogP) is 0.363. The van der Waals surface area contributed by atoms with E-state index >= 15 is 0 Å². The van der Waals surface area contributed by atoms with Gasteiger partial charge in [-0.05, 0) is 6.08 Å². The van der Waals surface area contributed by atoms with Gasteiger partial charge < -0.3 is 5.11 Å². The maximum absolute atomic E-state index is 11.0. The standard InChI is InChI=1S/C9H8O2.Na/c10-7-6-9(11)8-4-2-1-3-5-8;/h1-7,10H;/p-1/b7-6+;. The van der Waals surface area contributed by atoms with Crippen LogP contribution in [0.1, 0.15) is 10.4 Å². The Balaban J connectivity index is 0.00000121. The van der Waals surface area contributed by atoms with Crippen molar-refractivity contribution in [3.05, 3.63) is 48.2 Å². The molecule has 0 N–H and O–H groups in total. The van der Waals surface area contributed by atoms with Gasteiger partial charge in [0, 0.05) is 35.1 Å². The summed E-state index contributed by atoms with van der Waals surface area (Å²) in [5.74, 6) is -0.249. The predicted molar refractivity (Wildman–Crippen MR) is 45.7 cm³/mol. The largest absolute Gasteiger partial charge is 0.878 e. The molecule has 0 amide bonds. The molecule has 1 aromatic carbocycles. The summed E-state index contributed by atoms with van der Waals surface area (Å²) < 4.78 is 0. The van der Waals surface area contributed by atoms with E-state index in [1.54, 1.807) is 24.3 Å². The van der Waals surface area contributed by atoms with Gasteiger partial charge >= 0.3 is 0 Å². The number of rotatable bonds is 2. The third kappa shape index (κ3) is 3.22. The molecule has 0 aliphatic heterocycles. The van der Waals surface area contributed by atoms with Gasteiger partial charge in [0.25, 0.3) is 0 Å². The summed E-state index contributed by atoms with van der Waals surface area (Å²) in [6.45, 7) is 0. The van der Waals surface area contributed by atoms with Crippen LogP contribution in [0.25, 0.3) is 0 Å². The number of ketones is 1. The van der Waals surface area contributed by atoms with Crippen molar-refractivity contribution in [3.8, 4) is 0 Å². The SMILES string of the molecule is O=C(/C=C/[O-])c1ccccc1.[Na]. The molecule has 0 saturated heterocycles. The van der Waals surface area contributed by atoms with Gasteiger partial charge in [-0.2, -0.15) is 0 Å². The van der Waals surface area contributed by atoms with Crippen molar-refractivity contribution in [1.29, 1.82) is 0 Å². The summed E-state index contributed by atoms with van der Waals surface area (Å²) in [6.07, 6.45) is 1.50. The van der Waals surface area contributed by atoms with Crippen LogP contribution in [0.2, 0.25) is 0 Å². The van der Waals surface area contributed by atoms with Crippen molar-refractivity contribution in [2.45, 2.75) is 0 Å². The van der Waals surface area contributed by atoms with Crippen LogP contribution in [0.3, 0.4) is 0 Å². The first-order chi connectivity index (χ1) is 5.34. The first-order valence-electron chi connectivity index (χ1n) is 3.22. The van der Waals surface area contributed by atoms with Crippen molar-refractivity contribution < 1.29 is 9.90 Å². The van der Waals surface area contributed by atoms with Crippen molar-refractivity contribution in [1.82, 2.24) is 0 Å². The molecular formula is C9H7NaO2-. The molecule has 12 heavy (non-hydrogen) atoms. The molecule has 57 valence electrons. The monoisotopic (exact) mass is 170 g/mol. The zero-order valence-corrected chi connectivity index (χ0v) is 8.86. The summed E-state index contributed by atoms with van der Waals surface area (Å²) in [6, 6.07) is 8.67. The summed E-state index contributed by atoms with van der Waals surface area (Å²) in [5, 5.41) is 9.91. The maximum atomic E-state index is 11.0. The fourth-order valence-electron chi connectivity index (χ4n) is 0.760. The molecule has 0 aromatic heterocycles. The molecule has 0 saturated carbocycles. The fraction of sp³-hybridized carbons (Fsp3) is 0. The zero-order valence-electron chi connectivity index (χ0n) is 6.86. The van der Waals surface area contributed by atoms with Crippen molar-refractivity contribution in [2.75, 3.05) is 0 Å². The minimum absolute atomic E-state index is 0. The van der Waals surface area contributed by atoms with E-state index in [2.05, 4.69) is 0 Å². The first kappa shape index (κ1) is 11.4. The minimum atomic E-state index is -0.249. The fourth-order valence-corrected chi connectivity index (χ4v) is 0.760. The van der Waals surface area contributed by atoms with Gasteiger partial charge in [0.1, 0.15) is 0 Å². The van der Waals surface area contributed by atoms with E-state index in [4.69, 9.17) is 0 Å². The Kier molecular flexibility index (Phi) is 5.72. The Bertz CT molecular complexity index is 267. The average Bonchev–Trinajstić information content (AvgIpc) is 2.07. The van der Waals surface area contributed by atoms with E-state index in [0.717, 1.165) is 6.08 Å². The van der Waals surface area contributed by atoms with Crippen LogP contribution in [0.5, 0.6) is 0 Å². The molecular weight excluding hydrogens is 163 g/mol. The van der Waals surface area contributed by atoms with Gasteiger partial charge in [0.15, 0.2) is 5.78 Å². The van der Waals surface area contributed by atoms with E-state index in [9.17, 15) is 9.90 Å². The second kappa shape index (κ2) is 6.00. The van der Waals surface area contributed by atoms with Crippen molar-refractivity contribution in [2.24, 2.45) is 0 Å². The van der Waals surface area contributed by atoms with Crippen molar-refractivity contribution >= 4 is 35.3 Å². The van der Waals surface area contributed by atoms with Crippen LogP contribution >= 0.6 is 0 Å². The van der Waals surface area contributed by atoms with Gasteiger partial charge in [0.05, 0.1) is 0 Å². The topological polar surface area (TPSA) is 40.1 Å². The second-order valence-corrected chi connectivity index (χ2v) is 2.03. The average molecular weight is 170 g/mol. The van der Waals surface area contributed by atoms with Crippen molar-refractivity contribution in [3.63, 3.8) is 0 Å². The minimum Gasteiger partial charge on any atom is -0.878 e. The molecule has 0 aliphatic carbocycles. The van der Waals surface area contributed by atoms with Crippen LogP contribution in [-0.2, 0) is 0 Å². The molecule has 0 unspecified atom stereocenters. The summed E-state index contributed by atoms with van der Waals surface area (Å²) in [7, 11) is 0. The molecule has 1 radical (unpaired) electrons. The van der Waals surface area contributed by atoms with Crippen LogP contribution < -0.4 is 5.11 Å². The molecule has 0 atom stereocenters.